The second-order valence-electron chi connectivity index (χ2n) is 6.03. The van der Waals surface area contributed by atoms with Crippen LogP contribution in [0.15, 0.2) is 18.5 Å². The molecule has 1 aromatic heterocycles. The van der Waals surface area contributed by atoms with Crippen molar-refractivity contribution in [2.24, 2.45) is 0 Å². The van der Waals surface area contributed by atoms with Crippen LogP contribution >= 0.6 is 11.8 Å². The third-order valence-electron chi connectivity index (χ3n) is 3.80. The van der Waals surface area contributed by atoms with Gasteiger partial charge < -0.3 is 10.2 Å². The first-order valence-corrected chi connectivity index (χ1v) is 8.63. The van der Waals surface area contributed by atoms with Crippen molar-refractivity contribution in [3.63, 3.8) is 0 Å². The van der Waals surface area contributed by atoms with Crippen molar-refractivity contribution in [1.29, 1.82) is 0 Å². The van der Waals surface area contributed by atoms with Crippen LogP contribution in [0, 0.1) is 0 Å². The third kappa shape index (κ3) is 4.38. The standard InChI is InChI=1S/C16H27N3S/c1-4-7-17-12-14-13-18-8-5-15(14)19-9-6-16(2,3)20-11-10-19/h5,8,13,17H,4,6-7,9-12H2,1-3H3. The minimum Gasteiger partial charge on any atom is -0.370 e. The molecule has 0 amide bonds. The number of pyridine rings is 1. The number of anilines is 1. The molecule has 0 aliphatic carbocycles. The van der Waals surface area contributed by atoms with Crippen molar-refractivity contribution < 1.29 is 0 Å². The molecule has 1 aliphatic rings. The second kappa shape index (κ2) is 7.32. The molecule has 20 heavy (non-hydrogen) atoms. The Morgan fingerprint density at radius 3 is 3.05 bits per heavy atom. The SMILES string of the molecule is CCCNCc1cnccc1N1CCSC(C)(C)CC1. The molecule has 0 aromatic carbocycles. The van der Waals surface area contributed by atoms with Crippen LogP contribution in [-0.4, -0.2) is 35.1 Å². The molecule has 1 aliphatic heterocycles. The van der Waals surface area contributed by atoms with Gasteiger partial charge in [-0.3, -0.25) is 4.98 Å². The van der Waals surface area contributed by atoms with Crippen molar-refractivity contribution in [2.45, 2.75) is 44.9 Å². The Morgan fingerprint density at radius 1 is 1.40 bits per heavy atom. The molecule has 0 unspecified atom stereocenters. The number of nitrogens with zero attached hydrogens (tertiary/aromatic N) is 2. The molecule has 2 rings (SSSR count). The summed E-state index contributed by atoms with van der Waals surface area (Å²) in [5.74, 6) is 1.21. The summed E-state index contributed by atoms with van der Waals surface area (Å²) in [6.07, 6.45) is 6.34. The van der Waals surface area contributed by atoms with Crippen LogP contribution in [0.5, 0.6) is 0 Å². The van der Waals surface area contributed by atoms with Gasteiger partial charge in [0.1, 0.15) is 0 Å². The first-order valence-electron chi connectivity index (χ1n) is 7.65. The van der Waals surface area contributed by atoms with Crippen LogP contribution in [0.2, 0.25) is 0 Å². The van der Waals surface area contributed by atoms with Gasteiger partial charge in [-0.05, 0) is 25.5 Å². The van der Waals surface area contributed by atoms with E-state index in [1.165, 1.54) is 29.8 Å². The molecule has 3 nitrogen and oxygen atoms in total. The number of hydrogen-bond acceptors (Lipinski definition) is 4. The monoisotopic (exact) mass is 293 g/mol. The van der Waals surface area contributed by atoms with Gasteiger partial charge in [-0.25, -0.2) is 0 Å². The summed E-state index contributed by atoms with van der Waals surface area (Å²) in [6.45, 7) is 11.2. The Balaban J connectivity index is 2.07. The van der Waals surface area contributed by atoms with Crippen LogP contribution in [0.4, 0.5) is 5.69 Å². The van der Waals surface area contributed by atoms with Crippen LogP contribution in [0.3, 0.4) is 0 Å². The normalized spacial score (nSPS) is 18.9. The molecule has 2 heterocycles. The van der Waals surface area contributed by atoms with Crippen molar-refractivity contribution in [3.05, 3.63) is 24.0 Å². The molecule has 0 radical (unpaired) electrons. The lowest BCUT2D eigenvalue weighted by molar-refractivity contribution is 0.632. The maximum absolute atomic E-state index is 4.30. The quantitative estimate of drug-likeness (QED) is 0.843. The van der Waals surface area contributed by atoms with E-state index in [1.54, 1.807) is 0 Å². The lowest BCUT2D eigenvalue weighted by Crippen LogP contribution is -2.28. The molecular formula is C16H27N3S. The molecule has 1 fully saturated rings. The highest BCUT2D eigenvalue weighted by atomic mass is 32.2. The Labute approximate surface area is 127 Å². The Kier molecular flexibility index (Phi) is 5.73. The van der Waals surface area contributed by atoms with Gasteiger partial charge in [-0.1, -0.05) is 20.8 Å². The van der Waals surface area contributed by atoms with E-state index in [0.29, 0.717) is 4.75 Å². The molecule has 0 saturated carbocycles. The van der Waals surface area contributed by atoms with Crippen LogP contribution in [0.1, 0.15) is 39.2 Å². The molecule has 1 saturated heterocycles. The smallest absolute Gasteiger partial charge is 0.0443 e. The molecule has 0 bridgehead atoms. The van der Waals surface area contributed by atoms with Crippen molar-refractivity contribution in [3.8, 4) is 0 Å². The van der Waals surface area contributed by atoms with Gasteiger partial charge in [0.25, 0.3) is 0 Å². The fraction of sp³-hybridized carbons (Fsp3) is 0.688. The van der Waals surface area contributed by atoms with E-state index in [1.807, 2.05) is 12.4 Å². The van der Waals surface area contributed by atoms with E-state index in [4.69, 9.17) is 0 Å². The van der Waals surface area contributed by atoms with E-state index < -0.39 is 0 Å². The zero-order valence-electron chi connectivity index (χ0n) is 13.0. The van der Waals surface area contributed by atoms with Crippen molar-refractivity contribution >= 4 is 17.4 Å². The van der Waals surface area contributed by atoms with E-state index in [-0.39, 0.29) is 0 Å². The lowest BCUT2D eigenvalue weighted by Gasteiger charge is -2.26. The Hall–Kier alpha value is -0.740. The third-order valence-corrected chi connectivity index (χ3v) is 5.17. The van der Waals surface area contributed by atoms with Gasteiger partial charge in [-0.2, -0.15) is 11.8 Å². The molecule has 4 heteroatoms. The number of nitrogens with one attached hydrogen (secondary N) is 1. The summed E-state index contributed by atoms with van der Waals surface area (Å²) in [4.78, 5) is 6.83. The molecule has 112 valence electrons. The van der Waals surface area contributed by atoms with Crippen LogP contribution < -0.4 is 10.2 Å². The minimum atomic E-state index is 0.405. The highest BCUT2D eigenvalue weighted by Gasteiger charge is 2.24. The topological polar surface area (TPSA) is 28.2 Å². The summed E-state index contributed by atoms with van der Waals surface area (Å²) in [5, 5.41) is 3.49. The predicted octanol–water partition coefficient (Wildman–Crippen LogP) is 3.30. The van der Waals surface area contributed by atoms with Crippen LogP contribution in [0.25, 0.3) is 0 Å². The minimum absolute atomic E-state index is 0.405. The van der Waals surface area contributed by atoms with E-state index in [2.05, 4.69) is 53.8 Å². The second-order valence-corrected chi connectivity index (χ2v) is 7.83. The van der Waals surface area contributed by atoms with Gasteiger partial charge >= 0.3 is 0 Å². The zero-order valence-corrected chi connectivity index (χ0v) is 13.8. The van der Waals surface area contributed by atoms with Gasteiger partial charge in [-0.15, -0.1) is 0 Å². The zero-order chi connectivity index (χ0) is 14.4. The van der Waals surface area contributed by atoms with E-state index >= 15 is 0 Å². The first-order chi connectivity index (χ1) is 9.62. The highest BCUT2D eigenvalue weighted by Crippen LogP contribution is 2.33. The number of hydrogen-bond donors (Lipinski definition) is 1. The lowest BCUT2D eigenvalue weighted by atomic mass is 10.1. The van der Waals surface area contributed by atoms with Gasteiger partial charge in [0.05, 0.1) is 0 Å². The predicted molar refractivity (Wildman–Crippen MR) is 89.6 cm³/mol. The van der Waals surface area contributed by atoms with Gasteiger partial charge in [0.15, 0.2) is 0 Å². The molecule has 1 aromatic rings. The summed E-state index contributed by atoms with van der Waals surface area (Å²) in [7, 11) is 0. The molecule has 1 N–H and O–H groups in total. The van der Waals surface area contributed by atoms with E-state index in [9.17, 15) is 0 Å². The van der Waals surface area contributed by atoms with E-state index in [0.717, 1.165) is 26.2 Å². The van der Waals surface area contributed by atoms with Crippen molar-refractivity contribution in [1.82, 2.24) is 10.3 Å². The summed E-state index contributed by atoms with van der Waals surface area (Å²) in [6, 6.07) is 2.17. The largest absolute Gasteiger partial charge is 0.370 e. The van der Waals surface area contributed by atoms with Crippen molar-refractivity contribution in [2.75, 3.05) is 30.3 Å². The summed E-state index contributed by atoms with van der Waals surface area (Å²) < 4.78 is 0.405. The average Bonchev–Trinajstić information content (AvgIpc) is 2.61. The van der Waals surface area contributed by atoms with Crippen LogP contribution in [-0.2, 0) is 6.54 Å². The Bertz CT molecular complexity index is 420. The summed E-state index contributed by atoms with van der Waals surface area (Å²) in [5.41, 5.74) is 2.69. The number of rotatable bonds is 5. The maximum Gasteiger partial charge on any atom is 0.0443 e. The molecular weight excluding hydrogens is 266 g/mol. The van der Waals surface area contributed by atoms with Gasteiger partial charge in [0, 0.05) is 53.8 Å². The van der Waals surface area contributed by atoms with Gasteiger partial charge in [0.2, 0.25) is 0 Å². The fourth-order valence-corrected chi connectivity index (χ4v) is 3.63. The maximum atomic E-state index is 4.30. The fourth-order valence-electron chi connectivity index (χ4n) is 2.53. The average molecular weight is 293 g/mol. The first kappa shape index (κ1) is 15.6. The summed E-state index contributed by atoms with van der Waals surface area (Å²) >= 11 is 2.09. The highest BCUT2D eigenvalue weighted by molar-refractivity contribution is 8.00. The molecule has 0 atom stereocenters. The molecule has 0 spiro atoms. The Morgan fingerprint density at radius 2 is 2.25 bits per heavy atom. The number of aromatic nitrogens is 1. The number of thioether (sulfide) groups is 1.